The molecule has 1 aromatic heterocycles. The molecule has 0 aliphatic heterocycles. The minimum atomic E-state index is 0.0767. The molecule has 0 spiro atoms. The molecule has 1 aliphatic rings. The lowest BCUT2D eigenvalue weighted by atomic mass is 10.3. The zero-order valence-electron chi connectivity index (χ0n) is 11.1. The van der Waals surface area contributed by atoms with E-state index in [1.54, 1.807) is 0 Å². The second-order valence-corrected chi connectivity index (χ2v) is 4.85. The Labute approximate surface area is 117 Å². The molecule has 0 unspecified atom stereocenters. The highest BCUT2D eigenvalue weighted by atomic mass is 16.5. The van der Waals surface area contributed by atoms with Crippen LogP contribution in [0.2, 0.25) is 0 Å². The van der Waals surface area contributed by atoms with Gasteiger partial charge in [-0.05, 0) is 37.1 Å². The van der Waals surface area contributed by atoms with Crippen molar-refractivity contribution in [3.63, 3.8) is 0 Å². The van der Waals surface area contributed by atoms with Crippen LogP contribution in [0.15, 0.2) is 36.8 Å². The van der Waals surface area contributed by atoms with E-state index in [2.05, 4.69) is 14.9 Å². The quantitative estimate of drug-likeness (QED) is 0.875. The van der Waals surface area contributed by atoms with Gasteiger partial charge in [0.2, 0.25) is 0 Å². The molecule has 1 aliphatic carbocycles. The Morgan fingerprint density at radius 1 is 1.35 bits per heavy atom. The fourth-order valence-corrected chi connectivity index (χ4v) is 2.13. The Morgan fingerprint density at radius 3 is 2.85 bits per heavy atom. The van der Waals surface area contributed by atoms with Gasteiger partial charge in [-0.1, -0.05) is 0 Å². The van der Waals surface area contributed by atoms with Gasteiger partial charge in [-0.3, -0.25) is 0 Å². The number of aromatic nitrogens is 2. The third-order valence-corrected chi connectivity index (χ3v) is 3.32. The first kappa shape index (κ1) is 12.5. The summed E-state index contributed by atoms with van der Waals surface area (Å²) in [6.07, 6.45) is 6.34. The molecule has 0 atom stereocenters. The minimum absolute atomic E-state index is 0.0767. The van der Waals surface area contributed by atoms with Crippen molar-refractivity contribution < 1.29 is 4.74 Å². The molecular weight excluding hydrogens is 252 g/mol. The average molecular weight is 268 g/mol. The summed E-state index contributed by atoms with van der Waals surface area (Å²) in [5.41, 5.74) is 2.23. The van der Waals surface area contributed by atoms with Gasteiger partial charge in [0.05, 0.1) is 18.6 Å². The topological polar surface area (TPSA) is 62.9 Å². The number of hydrogen-bond acceptors (Lipinski definition) is 4. The highest BCUT2D eigenvalue weighted by Gasteiger charge is 2.24. The van der Waals surface area contributed by atoms with Crippen molar-refractivity contribution in [1.29, 1.82) is 5.26 Å². The van der Waals surface area contributed by atoms with E-state index in [-0.39, 0.29) is 6.61 Å². The second kappa shape index (κ2) is 5.66. The number of nitrogens with zero attached hydrogens (tertiary/aromatic N) is 3. The summed E-state index contributed by atoms with van der Waals surface area (Å²) in [4.78, 5) is 4.22. The second-order valence-electron chi connectivity index (χ2n) is 4.85. The maximum Gasteiger partial charge on any atom is 0.174 e. The number of nitriles is 1. The summed E-state index contributed by atoms with van der Waals surface area (Å²) in [6.45, 7) is 0.836. The Morgan fingerprint density at radius 2 is 2.15 bits per heavy atom. The molecule has 0 bridgehead atoms. The van der Waals surface area contributed by atoms with Crippen molar-refractivity contribution in [2.24, 2.45) is 0 Å². The highest BCUT2D eigenvalue weighted by Crippen LogP contribution is 2.35. The molecule has 1 aromatic carbocycles. The zero-order valence-corrected chi connectivity index (χ0v) is 11.1. The van der Waals surface area contributed by atoms with Crippen LogP contribution >= 0.6 is 0 Å². The molecule has 5 heteroatoms. The standard InChI is InChI=1S/C15H16N4O/c16-7-8-20-15-5-1-12(2-6-15)18-10-14-9-17-11-19(14)13-3-4-13/h1-2,5-6,9,11,13,18H,3-4,8,10H2. The average Bonchev–Trinajstić information content (AvgIpc) is 3.23. The molecule has 5 nitrogen and oxygen atoms in total. The minimum Gasteiger partial charge on any atom is -0.479 e. The van der Waals surface area contributed by atoms with Crippen molar-refractivity contribution in [2.75, 3.05) is 11.9 Å². The SMILES string of the molecule is N#CCOc1ccc(NCc2cncn2C2CC2)cc1. The van der Waals surface area contributed by atoms with Crippen LogP contribution in [-0.4, -0.2) is 16.2 Å². The molecule has 3 rings (SSSR count). The van der Waals surface area contributed by atoms with E-state index in [0.717, 1.165) is 12.2 Å². The number of ether oxygens (including phenoxy) is 1. The zero-order chi connectivity index (χ0) is 13.8. The molecular formula is C15H16N4O. The van der Waals surface area contributed by atoms with Crippen molar-refractivity contribution in [3.8, 4) is 11.8 Å². The third-order valence-electron chi connectivity index (χ3n) is 3.32. The van der Waals surface area contributed by atoms with Gasteiger partial charge in [-0.25, -0.2) is 4.98 Å². The summed E-state index contributed by atoms with van der Waals surface area (Å²) >= 11 is 0. The Kier molecular flexibility index (Phi) is 3.55. The van der Waals surface area contributed by atoms with Crippen LogP contribution in [0.3, 0.4) is 0 Å². The Balaban J connectivity index is 1.58. The van der Waals surface area contributed by atoms with Crippen LogP contribution in [0.4, 0.5) is 5.69 Å². The van der Waals surface area contributed by atoms with Crippen LogP contribution in [0.25, 0.3) is 0 Å². The summed E-state index contributed by atoms with van der Waals surface area (Å²) in [7, 11) is 0. The summed E-state index contributed by atoms with van der Waals surface area (Å²) in [6, 6.07) is 10.2. The van der Waals surface area contributed by atoms with Crippen molar-refractivity contribution in [3.05, 3.63) is 42.5 Å². The van der Waals surface area contributed by atoms with Gasteiger partial charge in [0.1, 0.15) is 11.8 Å². The lowest BCUT2D eigenvalue weighted by Crippen LogP contribution is -2.05. The van der Waals surface area contributed by atoms with Gasteiger partial charge in [0.15, 0.2) is 6.61 Å². The fraction of sp³-hybridized carbons (Fsp3) is 0.333. The smallest absolute Gasteiger partial charge is 0.174 e. The molecule has 0 amide bonds. The van der Waals surface area contributed by atoms with Crippen LogP contribution in [0, 0.1) is 11.3 Å². The lowest BCUT2D eigenvalue weighted by Gasteiger charge is -2.09. The van der Waals surface area contributed by atoms with Crippen molar-refractivity contribution >= 4 is 5.69 Å². The van der Waals surface area contributed by atoms with Gasteiger partial charge < -0.3 is 14.6 Å². The van der Waals surface area contributed by atoms with E-state index in [1.807, 2.05) is 42.9 Å². The number of hydrogen-bond donors (Lipinski definition) is 1. The van der Waals surface area contributed by atoms with E-state index >= 15 is 0 Å². The summed E-state index contributed by atoms with van der Waals surface area (Å²) in [5.74, 6) is 0.708. The van der Waals surface area contributed by atoms with Gasteiger partial charge in [0, 0.05) is 17.9 Å². The van der Waals surface area contributed by atoms with Crippen LogP contribution in [0.1, 0.15) is 24.6 Å². The first-order valence-corrected chi connectivity index (χ1v) is 6.71. The van der Waals surface area contributed by atoms with Gasteiger partial charge in [-0.15, -0.1) is 0 Å². The molecule has 1 saturated carbocycles. The summed E-state index contributed by atoms with van der Waals surface area (Å²) < 4.78 is 7.46. The third kappa shape index (κ3) is 2.91. The van der Waals surface area contributed by atoms with Gasteiger partial charge in [-0.2, -0.15) is 5.26 Å². The van der Waals surface area contributed by atoms with E-state index < -0.39 is 0 Å². The van der Waals surface area contributed by atoms with Crippen LogP contribution in [-0.2, 0) is 6.54 Å². The Bertz CT molecular complexity index is 608. The molecule has 1 N–H and O–H groups in total. The first-order chi connectivity index (χ1) is 9.86. The van der Waals surface area contributed by atoms with E-state index in [1.165, 1.54) is 18.5 Å². The molecule has 0 radical (unpaired) electrons. The largest absolute Gasteiger partial charge is 0.479 e. The predicted octanol–water partition coefficient (Wildman–Crippen LogP) is 2.73. The first-order valence-electron chi connectivity index (χ1n) is 6.71. The van der Waals surface area contributed by atoms with Crippen LogP contribution < -0.4 is 10.1 Å². The number of anilines is 1. The highest BCUT2D eigenvalue weighted by molar-refractivity contribution is 5.46. The van der Waals surface area contributed by atoms with Gasteiger partial charge >= 0.3 is 0 Å². The lowest BCUT2D eigenvalue weighted by molar-refractivity contribution is 0.368. The number of imidazole rings is 1. The number of benzene rings is 1. The van der Waals surface area contributed by atoms with Crippen molar-refractivity contribution in [2.45, 2.75) is 25.4 Å². The summed E-state index contributed by atoms with van der Waals surface area (Å²) in [5, 5.41) is 11.8. The van der Waals surface area contributed by atoms with E-state index in [4.69, 9.17) is 10.00 Å². The molecule has 20 heavy (non-hydrogen) atoms. The normalized spacial score (nSPS) is 13.8. The number of nitrogens with one attached hydrogen (secondary N) is 1. The number of rotatable bonds is 6. The molecule has 0 saturated heterocycles. The van der Waals surface area contributed by atoms with E-state index in [9.17, 15) is 0 Å². The van der Waals surface area contributed by atoms with Crippen molar-refractivity contribution in [1.82, 2.24) is 9.55 Å². The fourth-order valence-electron chi connectivity index (χ4n) is 2.13. The maximum atomic E-state index is 8.45. The maximum absolute atomic E-state index is 8.45. The Hall–Kier alpha value is -2.48. The molecule has 1 fully saturated rings. The monoisotopic (exact) mass is 268 g/mol. The van der Waals surface area contributed by atoms with Gasteiger partial charge in [0.25, 0.3) is 0 Å². The predicted molar refractivity (Wildman–Crippen MR) is 75.4 cm³/mol. The molecule has 102 valence electrons. The van der Waals surface area contributed by atoms with Crippen LogP contribution in [0.5, 0.6) is 5.75 Å². The molecule has 1 heterocycles. The molecule has 2 aromatic rings. The van der Waals surface area contributed by atoms with E-state index in [0.29, 0.717) is 11.8 Å².